The fourth-order valence-corrected chi connectivity index (χ4v) is 1.53. The van der Waals surface area contributed by atoms with Crippen LogP contribution in [0.5, 0.6) is 5.75 Å². The van der Waals surface area contributed by atoms with Crippen molar-refractivity contribution in [1.82, 2.24) is 9.97 Å². The van der Waals surface area contributed by atoms with Gasteiger partial charge in [-0.3, -0.25) is 10.1 Å². The summed E-state index contributed by atoms with van der Waals surface area (Å²) in [6, 6.07) is 6.51. The highest BCUT2D eigenvalue weighted by molar-refractivity contribution is 5.70. The number of nitrogens with zero attached hydrogens (tertiary/aromatic N) is 3. The minimum absolute atomic E-state index is 0.0627. The zero-order valence-corrected chi connectivity index (χ0v) is 10.2. The fraction of sp³-hybridized carbons (Fsp3) is 0.0769. The molecule has 0 saturated heterocycles. The Morgan fingerprint density at radius 2 is 2.16 bits per heavy atom. The molecule has 0 atom stereocenters. The van der Waals surface area contributed by atoms with Gasteiger partial charge < -0.3 is 4.74 Å². The zero-order chi connectivity index (χ0) is 13.7. The van der Waals surface area contributed by atoms with Crippen molar-refractivity contribution in [3.05, 3.63) is 58.2 Å². The first-order valence-electron chi connectivity index (χ1n) is 5.47. The molecular weight excluding hydrogens is 246 g/mol. The van der Waals surface area contributed by atoms with Crippen LogP contribution in [0.3, 0.4) is 0 Å². The third-order valence-electron chi connectivity index (χ3n) is 2.45. The monoisotopic (exact) mass is 257 g/mol. The summed E-state index contributed by atoms with van der Waals surface area (Å²) in [5.74, 6) is 0.240. The van der Waals surface area contributed by atoms with Crippen molar-refractivity contribution in [1.29, 1.82) is 0 Å². The largest absolute Gasteiger partial charge is 0.490 e. The summed E-state index contributed by atoms with van der Waals surface area (Å²) in [7, 11) is 1.40. The van der Waals surface area contributed by atoms with E-state index in [4.69, 9.17) is 4.74 Å². The standard InChI is InChI=1S/C13H11N3O3/c1-19-13-5-3-10(8-12(13)16(17)18)2-4-11-6-7-14-9-15-11/h2-9H,1H3/b4-2+. The molecule has 1 aromatic carbocycles. The van der Waals surface area contributed by atoms with E-state index >= 15 is 0 Å². The summed E-state index contributed by atoms with van der Waals surface area (Å²) < 4.78 is 4.94. The van der Waals surface area contributed by atoms with Crippen LogP contribution in [0.15, 0.2) is 36.8 Å². The highest BCUT2D eigenvalue weighted by Crippen LogP contribution is 2.28. The molecule has 0 amide bonds. The van der Waals surface area contributed by atoms with Gasteiger partial charge in [0.15, 0.2) is 5.75 Å². The number of hydrogen-bond donors (Lipinski definition) is 0. The molecule has 0 aliphatic rings. The Labute approximate surface area is 109 Å². The molecule has 6 heteroatoms. The molecular formula is C13H11N3O3. The van der Waals surface area contributed by atoms with Gasteiger partial charge in [-0.1, -0.05) is 12.1 Å². The summed E-state index contributed by atoms with van der Waals surface area (Å²) in [5.41, 5.74) is 1.37. The van der Waals surface area contributed by atoms with Gasteiger partial charge in [0, 0.05) is 12.3 Å². The Morgan fingerprint density at radius 3 is 2.79 bits per heavy atom. The van der Waals surface area contributed by atoms with Crippen LogP contribution >= 0.6 is 0 Å². The topological polar surface area (TPSA) is 78.2 Å². The number of rotatable bonds is 4. The lowest BCUT2D eigenvalue weighted by molar-refractivity contribution is -0.385. The molecule has 0 bridgehead atoms. The average Bonchev–Trinajstić information content (AvgIpc) is 2.46. The molecule has 0 N–H and O–H groups in total. The van der Waals surface area contributed by atoms with E-state index in [-0.39, 0.29) is 11.4 Å². The van der Waals surface area contributed by atoms with Crippen molar-refractivity contribution >= 4 is 17.8 Å². The maximum absolute atomic E-state index is 10.9. The molecule has 96 valence electrons. The van der Waals surface area contributed by atoms with Gasteiger partial charge in [-0.15, -0.1) is 0 Å². The summed E-state index contributed by atoms with van der Waals surface area (Å²) in [4.78, 5) is 18.3. The van der Waals surface area contributed by atoms with Crippen molar-refractivity contribution in [2.24, 2.45) is 0 Å². The second-order valence-corrected chi connectivity index (χ2v) is 3.66. The molecule has 6 nitrogen and oxygen atoms in total. The predicted octanol–water partition coefficient (Wildman–Crippen LogP) is 2.56. The molecule has 0 radical (unpaired) electrons. The van der Waals surface area contributed by atoms with E-state index in [0.29, 0.717) is 5.56 Å². The minimum atomic E-state index is -0.471. The molecule has 0 fully saturated rings. The molecule has 1 aromatic heterocycles. The first-order valence-corrected chi connectivity index (χ1v) is 5.47. The minimum Gasteiger partial charge on any atom is -0.490 e. The van der Waals surface area contributed by atoms with Crippen LogP contribution in [0, 0.1) is 10.1 Å². The van der Waals surface area contributed by atoms with Crippen molar-refractivity contribution in [2.75, 3.05) is 7.11 Å². The van der Waals surface area contributed by atoms with Gasteiger partial charge in [0.05, 0.1) is 17.7 Å². The van der Waals surface area contributed by atoms with Gasteiger partial charge in [0.1, 0.15) is 6.33 Å². The van der Waals surface area contributed by atoms with Crippen molar-refractivity contribution in [2.45, 2.75) is 0 Å². The van der Waals surface area contributed by atoms with Crippen LogP contribution in [-0.2, 0) is 0 Å². The molecule has 0 aliphatic heterocycles. The molecule has 0 spiro atoms. The number of hydrogen-bond acceptors (Lipinski definition) is 5. The smallest absolute Gasteiger partial charge is 0.311 e. The molecule has 2 rings (SSSR count). The first-order chi connectivity index (χ1) is 9.20. The first kappa shape index (κ1) is 12.7. The van der Waals surface area contributed by atoms with E-state index in [1.165, 1.54) is 19.5 Å². The Bertz CT molecular complexity index is 612. The van der Waals surface area contributed by atoms with E-state index in [0.717, 1.165) is 5.69 Å². The lowest BCUT2D eigenvalue weighted by Gasteiger charge is -2.02. The van der Waals surface area contributed by atoms with E-state index in [2.05, 4.69) is 9.97 Å². The van der Waals surface area contributed by atoms with Crippen molar-refractivity contribution < 1.29 is 9.66 Å². The summed E-state index contributed by atoms with van der Waals surface area (Å²) >= 11 is 0. The number of nitro benzene ring substituents is 1. The van der Waals surface area contributed by atoms with E-state index in [1.807, 2.05) is 0 Å². The highest BCUT2D eigenvalue weighted by atomic mass is 16.6. The van der Waals surface area contributed by atoms with Crippen LogP contribution in [0.25, 0.3) is 12.2 Å². The number of nitro groups is 1. The average molecular weight is 257 g/mol. The number of methoxy groups -OCH3 is 1. The molecule has 19 heavy (non-hydrogen) atoms. The summed E-state index contributed by atoms with van der Waals surface area (Å²) in [5, 5.41) is 10.9. The van der Waals surface area contributed by atoms with Gasteiger partial charge in [-0.05, 0) is 23.8 Å². The Morgan fingerprint density at radius 1 is 1.32 bits per heavy atom. The highest BCUT2D eigenvalue weighted by Gasteiger charge is 2.13. The predicted molar refractivity (Wildman–Crippen MR) is 70.6 cm³/mol. The Hall–Kier alpha value is -2.76. The van der Waals surface area contributed by atoms with Crippen molar-refractivity contribution in [3.63, 3.8) is 0 Å². The Balaban J connectivity index is 2.29. The van der Waals surface area contributed by atoms with Gasteiger partial charge in [0.2, 0.25) is 0 Å². The number of benzene rings is 1. The third kappa shape index (κ3) is 3.12. The lowest BCUT2D eigenvalue weighted by Crippen LogP contribution is -1.93. The van der Waals surface area contributed by atoms with Gasteiger partial charge in [-0.2, -0.15) is 0 Å². The zero-order valence-electron chi connectivity index (χ0n) is 10.2. The molecule has 0 saturated carbocycles. The van der Waals surface area contributed by atoms with Crippen LogP contribution in [0.2, 0.25) is 0 Å². The molecule has 1 heterocycles. The SMILES string of the molecule is COc1ccc(/C=C/c2ccncn2)cc1[N+](=O)[O-]. The van der Waals surface area contributed by atoms with E-state index in [9.17, 15) is 10.1 Å². The molecule has 0 aliphatic carbocycles. The van der Waals surface area contributed by atoms with E-state index < -0.39 is 4.92 Å². The normalized spacial score (nSPS) is 10.6. The van der Waals surface area contributed by atoms with Crippen LogP contribution in [-0.4, -0.2) is 22.0 Å². The Kier molecular flexibility index (Phi) is 3.82. The number of ether oxygens (including phenoxy) is 1. The fourth-order valence-electron chi connectivity index (χ4n) is 1.53. The van der Waals surface area contributed by atoms with Crippen LogP contribution in [0.4, 0.5) is 5.69 Å². The maximum Gasteiger partial charge on any atom is 0.311 e. The molecule has 0 unspecified atom stereocenters. The van der Waals surface area contributed by atoms with Gasteiger partial charge in [0.25, 0.3) is 0 Å². The second-order valence-electron chi connectivity index (χ2n) is 3.66. The van der Waals surface area contributed by atoms with Gasteiger partial charge >= 0.3 is 5.69 Å². The lowest BCUT2D eigenvalue weighted by atomic mass is 10.1. The van der Waals surface area contributed by atoms with Crippen LogP contribution in [0.1, 0.15) is 11.3 Å². The van der Waals surface area contributed by atoms with Crippen LogP contribution < -0.4 is 4.74 Å². The van der Waals surface area contributed by atoms with Crippen molar-refractivity contribution in [3.8, 4) is 5.75 Å². The second kappa shape index (κ2) is 5.72. The summed E-state index contributed by atoms with van der Waals surface area (Å²) in [6.45, 7) is 0. The third-order valence-corrected chi connectivity index (χ3v) is 2.45. The maximum atomic E-state index is 10.9. The molecule has 2 aromatic rings. The quantitative estimate of drug-likeness (QED) is 0.621. The van der Waals surface area contributed by atoms with Gasteiger partial charge in [-0.25, -0.2) is 9.97 Å². The summed E-state index contributed by atoms with van der Waals surface area (Å²) in [6.07, 6.45) is 6.57. The number of aromatic nitrogens is 2. The van der Waals surface area contributed by atoms with E-state index in [1.54, 1.807) is 36.5 Å².